The number of halogens is 2. The lowest BCUT2D eigenvalue weighted by Crippen LogP contribution is -2.70. The first-order valence-corrected chi connectivity index (χ1v) is 12.7. The van der Waals surface area contributed by atoms with Gasteiger partial charge in [0.15, 0.2) is 5.69 Å². The molecule has 0 saturated heterocycles. The lowest BCUT2D eigenvalue weighted by atomic mass is 10.1. The maximum atomic E-state index is 8.49. The third-order valence-electron chi connectivity index (χ3n) is 4.86. The summed E-state index contributed by atoms with van der Waals surface area (Å²) in [6, 6.07) is 26.0. The van der Waals surface area contributed by atoms with Gasteiger partial charge in [-0.05, 0) is 48.3 Å². The van der Waals surface area contributed by atoms with Gasteiger partial charge in [0.1, 0.15) is 16.7 Å². The summed E-state index contributed by atoms with van der Waals surface area (Å²) in [6.45, 7) is 2.08. The van der Waals surface area contributed by atoms with Crippen molar-refractivity contribution >= 4 is 39.0 Å². The lowest BCUT2D eigenvalue weighted by Gasteiger charge is -2.17. The van der Waals surface area contributed by atoms with Crippen molar-refractivity contribution in [2.24, 2.45) is 0 Å². The van der Waals surface area contributed by atoms with E-state index in [9.17, 15) is 0 Å². The zero-order valence-corrected chi connectivity index (χ0v) is 20.6. The molecule has 0 amide bonds. The summed E-state index contributed by atoms with van der Waals surface area (Å²) in [5, 5.41) is 5.58. The minimum Gasteiger partial charge on any atom is -0.456 e. The van der Waals surface area contributed by atoms with Crippen molar-refractivity contribution < 1.29 is 38.3 Å². The number of fused-ring (bicyclic) bond motifs is 1. The van der Waals surface area contributed by atoms with E-state index in [2.05, 4.69) is 41.6 Å². The first kappa shape index (κ1) is 25.0. The van der Waals surface area contributed by atoms with Crippen molar-refractivity contribution in [1.82, 2.24) is 4.98 Å². The second-order valence-corrected chi connectivity index (χ2v) is 9.49. The molecule has 0 radical (unpaired) electrons. The Morgan fingerprint density at radius 2 is 1.57 bits per heavy atom. The SMILES string of the molecule is Cc1ccc2oc(-c3ccc(Cl)cc3)c/c(=[NH+]\c3nc(-c4ccccc4)cs3)c2c1.[O-][Cl+3]([O-])([O-])[O-]. The molecule has 0 spiro atoms. The smallest absolute Gasteiger partial charge is 0.381 e. The van der Waals surface area contributed by atoms with Crippen LogP contribution >= 0.6 is 22.9 Å². The second-order valence-electron chi connectivity index (χ2n) is 7.44. The van der Waals surface area contributed by atoms with Crippen LogP contribution in [-0.4, -0.2) is 4.98 Å². The largest absolute Gasteiger partial charge is 0.456 e. The first-order valence-electron chi connectivity index (χ1n) is 10.2. The molecular weight excluding hydrogens is 511 g/mol. The van der Waals surface area contributed by atoms with Gasteiger partial charge < -0.3 is 4.42 Å². The molecule has 2 heterocycles. The molecule has 1 N–H and O–H groups in total. The van der Waals surface area contributed by atoms with Crippen molar-refractivity contribution in [1.29, 1.82) is 0 Å². The summed E-state index contributed by atoms with van der Waals surface area (Å²) in [7, 11) is -4.94. The topological polar surface area (TPSA) is 132 Å². The van der Waals surface area contributed by atoms with Crippen molar-refractivity contribution in [3.63, 3.8) is 0 Å². The van der Waals surface area contributed by atoms with Crippen LogP contribution in [0.25, 0.3) is 33.6 Å². The number of rotatable bonds is 3. The number of aryl methyl sites for hydroxylation is 1. The number of aromatic nitrogens is 1. The van der Waals surface area contributed by atoms with Crippen LogP contribution in [-0.2, 0) is 0 Å². The molecule has 0 saturated carbocycles. The summed E-state index contributed by atoms with van der Waals surface area (Å²) in [5.41, 5.74) is 5.02. The van der Waals surface area contributed by atoms with Gasteiger partial charge >= 0.3 is 5.13 Å². The molecule has 0 unspecified atom stereocenters. The molecule has 2 aromatic heterocycles. The van der Waals surface area contributed by atoms with E-state index in [1.165, 1.54) is 5.56 Å². The molecule has 5 aromatic rings. The van der Waals surface area contributed by atoms with Gasteiger partial charge in [0.25, 0.3) is 0 Å². The van der Waals surface area contributed by atoms with E-state index >= 15 is 0 Å². The van der Waals surface area contributed by atoms with Crippen LogP contribution < -0.4 is 29.0 Å². The van der Waals surface area contributed by atoms with E-state index < -0.39 is 10.2 Å². The zero-order chi connectivity index (χ0) is 25.0. The summed E-state index contributed by atoms with van der Waals surface area (Å²) in [4.78, 5) is 8.29. The lowest BCUT2D eigenvalue weighted by molar-refractivity contribution is -2.00. The maximum absolute atomic E-state index is 8.49. The predicted molar refractivity (Wildman–Crippen MR) is 123 cm³/mol. The fourth-order valence-corrected chi connectivity index (χ4v) is 4.21. The zero-order valence-electron chi connectivity index (χ0n) is 18.2. The molecule has 5 rings (SSSR count). The standard InChI is InChI=1S/C25H17ClN2OS.ClHO4/c1-16-7-12-23-20(13-16)21(14-24(29-23)18-8-10-19(26)11-9-18)27-25-28-22(15-30-25)17-5-3-2-4-6-17;2-1(3,4)5/h2-15H,1H3;(H,2,3,4,5)/b27-21+;. The highest BCUT2D eigenvalue weighted by molar-refractivity contribution is 7.13. The number of hydrogen-bond acceptors (Lipinski definition) is 7. The van der Waals surface area contributed by atoms with Crippen LogP contribution in [0.15, 0.2) is 88.7 Å². The Labute approximate surface area is 211 Å². The van der Waals surface area contributed by atoms with E-state index in [1.54, 1.807) is 11.3 Å². The third-order valence-corrected chi connectivity index (χ3v) is 5.87. The van der Waals surface area contributed by atoms with Crippen molar-refractivity contribution in [2.45, 2.75) is 6.92 Å². The Morgan fingerprint density at radius 1 is 0.886 bits per heavy atom. The van der Waals surface area contributed by atoms with Gasteiger partial charge in [0, 0.05) is 22.2 Å². The van der Waals surface area contributed by atoms with Crippen LogP contribution in [0.4, 0.5) is 5.13 Å². The summed E-state index contributed by atoms with van der Waals surface area (Å²) in [5.74, 6) is 0.769. The van der Waals surface area contributed by atoms with Gasteiger partial charge in [-0.25, -0.2) is 23.6 Å². The molecule has 0 atom stereocenters. The molecule has 7 nitrogen and oxygen atoms in total. The fraction of sp³-hybridized carbons (Fsp3) is 0.0400. The number of nitrogens with zero attached hydrogens (tertiary/aromatic N) is 1. The van der Waals surface area contributed by atoms with Gasteiger partial charge in [-0.2, -0.15) is 0 Å². The Bertz CT molecular complexity index is 1510. The number of benzene rings is 3. The Kier molecular flexibility index (Phi) is 7.63. The highest BCUT2D eigenvalue weighted by atomic mass is 35.7. The van der Waals surface area contributed by atoms with E-state index in [4.69, 9.17) is 39.6 Å². The van der Waals surface area contributed by atoms with Crippen LogP contribution in [0.1, 0.15) is 5.56 Å². The average Bonchev–Trinajstić information content (AvgIpc) is 3.28. The molecule has 178 valence electrons. The van der Waals surface area contributed by atoms with Gasteiger partial charge in [0.2, 0.25) is 0 Å². The van der Waals surface area contributed by atoms with Crippen molar-refractivity contribution in [3.8, 4) is 22.6 Å². The number of hydrogen-bond donors (Lipinski definition) is 1. The summed E-state index contributed by atoms with van der Waals surface area (Å²) >= 11 is 7.64. The molecule has 0 aliphatic carbocycles. The monoisotopic (exact) mass is 528 g/mol. The molecule has 0 bridgehead atoms. The highest BCUT2D eigenvalue weighted by Crippen LogP contribution is 2.24. The summed E-state index contributed by atoms with van der Waals surface area (Å²) < 4.78 is 40.2. The Morgan fingerprint density at radius 3 is 2.26 bits per heavy atom. The second kappa shape index (κ2) is 10.7. The average molecular weight is 529 g/mol. The van der Waals surface area contributed by atoms with Gasteiger partial charge in [0.05, 0.1) is 10.8 Å². The van der Waals surface area contributed by atoms with Crippen LogP contribution in [0.5, 0.6) is 0 Å². The first-order chi connectivity index (χ1) is 16.7. The van der Waals surface area contributed by atoms with Crippen LogP contribution in [0.3, 0.4) is 0 Å². The van der Waals surface area contributed by atoms with Gasteiger partial charge in [-0.1, -0.05) is 64.9 Å². The molecule has 0 aliphatic rings. The Hall–Kier alpha value is -3.08. The third kappa shape index (κ3) is 6.97. The summed E-state index contributed by atoms with van der Waals surface area (Å²) in [6.07, 6.45) is 0. The van der Waals surface area contributed by atoms with Gasteiger partial charge in [-0.15, -0.1) is 10.2 Å². The number of nitrogens with one attached hydrogen (secondary N) is 1. The fourth-order valence-electron chi connectivity index (χ4n) is 3.35. The molecule has 10 heteroatoms. The molecular formula is C25H18Cl2N2O5S. The molecule has 35 heavy (non-hydrogen) atoms. The van der Waals surface area contributed by atoms with Gasteiger partial charge in [-0.3, -0.25) is 0 Å². The highest BCUT2D eigenvalue weighted by Gasteiger charge is 2.13. The minimum atomic E-state index is -4.94. The van der Waals surface area contributed by atoms with Crippen molar-refractivity contribution in [2.75, 3.05) is 0 Å². The quantitative estimate of drug-likeness (QED) is 0.367. The normalized spacial score (nSPS) is 11.9. The number of thiazole rings is 1. The van der Waals surface area contributed by atoms with Crippen LogP contribution in [0.2, 0.25) is 5.02 Å². The van der Waals surface area contributed by atoms with E-state index in [0.717, 1.165) is 44.0 Å². The maximum Gasteiger partial charge on any atom is 0.381 e. The molecule has 0 aliphatic heterocycles. The molecule has 0 fully saturated rings. The molecule has 3 aromatic carbocycles. The predicted octanol–water partition coefficient (Wildman–Crippen LogP) is 0.742. The minimum absolute atomic E-state index is 0.699. The van der Waals surface area contributed by atoms with E-state index in [1.807, 2.05) is 54.6 Å². The van der Waals surface area contributed by atoms with Crippen molar-refractivity contribution in [3.05, 3.63) is 100 Å². The van der Waals surface area contributed by atoms with Crippen LogP contribution in [0, 0.1) is 17.2 Å². The van der Waals surface area contributed by atoms with E-state index in [-0.39, 0.29) is 0 Å². The Balaban J connectivity index is 0.000000527. The van der Waals surface area contributed by atoms with E-state index in [0.29, 0.717) is 5.02 Å².